The molecule has 1 saturated heterocycles. The van der Waals surface area contributed by atoms with E-state index in [1.165, 1.54) is 17.1 Å². The fraction of sp³-hybridized carbons (Fsp3) is 0.381. The molecule has 3 heterocycles. The fourth-order valence-corrected chi connectivity index (χ4v) is 4.24. The van der Waals surface area contributed by atoms with Crippen molar-refractivity contribution in [3.63, 3.8) is 0 Å². The number of anilines is 3. The molecule has 0 saturated carbocycles. The number of nitrogens with one attached hydrogen (secondary N) is 1. The van der Waals surface area contributed by atoms with Crippen LogP contribution >= 0.6 is 11.6 Å². The van der Waals surface area contributed by atoms with E-state index in [1.807, 2.05) is 18.2 Å². The van der Waals surface area contributed by atoms with Crippen molar-refractivity contribution in [2.75, 3.05) is 23.3 Å². The summed E-state index contributed by atoms with van der Waals surface area (Å²) >= 11 is 6.34. The zero-order chi connectivity index (χ0) is 20.7. The van der Waals surface area contributed by atoms with E-state index >= 15 is 0 Å². The standard InChI is InChI=1S/C21H24ClN5O2/c1-12-6-13(2)11-27(10-12)21-23-9-16(22)19(25-21)24-15-4-5-17-14(7-15)8-18(28)20(29)26(17)3/h4-5,7-9,12-13,28H,6,10-11H2,1-3H3,(H,23,24,25)/t12-,13+. The van der Waals surface area contributed by atoms with Crippen LogP contribution in [0.2, 0.25) is 5.02 Å². The summed E-state index contributed by atoms with van der Waals surface area (Å²) in [4.78, 5) is 23.2. The van der Waals surface area contributed by atoms with Crippen LogP contribution in [-0.2, 0) is 7.05 Å². The first-order chi connectivity index (χ1) is 13.8. The SMILES string of the molecule is C[C@@H]1C[C@H](C)CN(c2ncc(Cl)c(Nc3ccc4c(c3)cc(O)c(=O)n4C)n2)C1. The van der Waals surface area contributed by atoms with E-state index in [0.717, 1.165) is 29.7 Å². The highest BCUT2D eigenvalue weighted by atomic mass is 35.5. The van der Waals surface area contributed by atoms with E-state index < -0.39 is 5.56 Å². The second kappa shape index (κ2) is 7.55. The Labute approximate surface area is 174 Å². The molecular weight excluding hydrogens is 390 g/mol. The number of aryl methyl sites for hydroxylation is 1. The highest BCUT2D eigenvalue weighted by Crippen LogP contribution is 2.29. The summed E-state index contributed by atoms with van der Waals surface area (Å²) in [6.07, 6.45) is 2.83. The number of halogens is 1. The lowest BCUT2D eigenvalue weighted by molar-refractivity contribution is 0.353. The zero-order valence-electron chi connectivity index (χ0n) is 16.7. The van der Waals surface area contributed by atoms with Crippen LogP contribution in [-0.4, -0.2) is 32.7 Å². The second-order valence-corrected chi connectivity index (χ2v) is 8.42. The van der Waals surface area contributed by atoms with Gasteiger partial charge in [-0.2, -0.15) is 4.98 Å². The van der Waals surface area contributed by atoms with Crippen LogP contribution in [0.15, 0.2) is 35.3 Å². The van der Waals surface area contributed by atoms with Gasteiger partial charge in [0.25, 0.3) is 5.56 Å². The van der Waals surface area contributed by atoms with Crippen molar-refractivity contribution < 1.29 is 5.11 Å². The predicted octanol–water partition coefficient (Wildman–Crippen LogP) is 3.91. The molecule has 2 N–H and O–H groups in total. The van der Waals surface area contributed by atoms with Crippen molar-refractivity contribution in [1.29, 1.82) is 0 Å². The Bertz CT molecular complexity index is 1120. The molecule has 0 bridgehead atoms. The van der Waals surface area contributed by atoms with E-state index in [4.69, 9.17) is 11.6 Å². The largest absolute Gasteiger partial charge is 0.503 e. The Balaban J connectivity index is 1.65. The Morgan fingerprint density at radius 1 is 1.21 bits per heavy atom. The van der Waals surface area contributed by atoms with Gasteiger partial charge in [0.2, 0.25) is 5.95 Å². The normalized spacial score (nSPS) is 19.5. The van der Waals surface area contributed by atoms with Gasteiger partial charge in [0.15, 0.2) is 11.6 Å². The Hall–Kier alpha value is -2.80. The monoisotopic (exact) mass is 413 g/mol. The van der Waals surface area contributed by atoms with Crippen molar-refractivity contribution in [2.45, 2.75) is 20.3 Å². The van der Waals surface area contributed by atoms with Crippen molar-refractivity contribution in [2.24, 2.45) is 18.9 Å². The van der Waals surface area contributed by atoms with Crippen LogP contribution in [0, 0.1) is 11.8 Å². The number of hydrogen-bond acceptors (Lipinski definition) is 6. The number of hydrogen-bond donors (Lipinski definition) is 2. The highest BCUT2D eigenvalue weighted by Gasteiger charge is 2.24. The number of rotatable bonds is 3. The minimum Gasteiger partial charge on any atom is -0.503 e. The summed E-state index contributed by atoms with van der Waals surface area (Å²) in [5.74, 6) is 2.09. The summed E-state index contributed by atoms with van der Waals surface area (Å²) in [6.45, 7) is 6.34. The molecule has 0 aliphatic carbocycles. The smallest absolute Gasteiger partial charge is 0.292 e. The van der Waals surface area contributed by atoms with Gasteiger partial charge in [0, 0.05) is 31.2 Å². The third-order valence-electron chi connectivity index (χ3n) is 5.35. The summed E-state index contributed by atoms with van der Waals surface area (Å²) in [5, 5.41) is 14.2. The van der Waals surface area contributed by atoms with Crippen LogP contribution in [0.3, 0.4) is 0 Å². The van der Waals surface area contributed by atoms with Crippen LogP contribution in [0.4, 0.5) is 17.5 Å². The minimum absolute atomic E-state index is 0.284. The van der Waals surface area contributed by atoms with E-state index in [-0.39, 0.29) is 5.75 Å². The van der Waals surface area contributed by atoms with Gasteiger partial charge in [0.05, 0.1) is 11.7 Å². The van der Waals surface area contributed by atoms with E-state index in [0.29, 0.717) is 28.6 Å². The number of pyridine rings is 1. The molecule has 1 fully saturated rings. The summed E-state index contributed by atoms with van der Waals surface area (Å²) in [6, 6.07) is 6.98. The first-order valence-electron chi connectivity index (χ1n) is 9.69. The Morgan fingerprint density at radius 3 is 2.66 bits per heavy atom. The number of piperidine rings is 1. The molecule has 152 valence electrons. The zero-order valence-corrected chi connectivity index (χ0v) is 17.4. The summed E-state index contributed by atoms with van der Waals surface area (Å²) in [7, 11) is 1.63. The molecule has 0 unspecified atom stereocenters. The van der Waals surface area contributed by atoms with Gasteiger partial charge in [-0.15, -0.1) is 0 Å². The average Bonchev–Trinajstić information content (AvgIpc) is 2.67. The lowest BCUT2D eigenvalue weighted by Gasteiger charge is -2.35. The molecule has 3 aromatic rings. The van der Waals surface area contributed by atoms with Crippen molar-refractivity contribution in [3.05, 3.63) is 45.8 Å². The lowest BCUT2D eigenvalue weighted by atomic mass is 9.92. The maximum absolute atomic E-state index is 11.9. The topological polar surface area (TPSA) is 83.3 Å². The van der Waals surface area contributed by atoms with Crippen LogP contribution in [0.25, 0.3) is 10.9 Å². The molecule has 0 amide bonds. The molecule has 0 radical (unpaired) electrons. The maximum Gasteiger partial charge on any atom is 0.292 e. The third kappa shape index (κ3) is 3.87. The van der Waals surface area contributed by atoms with Gasteiger partial charge >= 0.3 is 0 Å². The first-order valence-corrected chi connectivity index (χ1v) is 10.1. The number of aromatic nitrogens is 3. The Morgan fingerprint density at radius 2 is 1.93 bits per heavy atom. The van der Waals surface area contributed by atoms with E-state index in [2.05, 4.69) is 34.0 Å². The molecule has 4 rings (SSSR count). The van der Waals surface area contributed by atoms with Gasteiger partial charge in [-0.3, -0.25) is 4.79 Å². The minimum atomic E-state index is -0.424. The maximum atomic E-state index is 11.9. The van der Waals surface area contributed by atoms with Crippen LogP contribution in [0.5, 0.6) is 5.75 Å². The molecule has 8 heteroatoms. The van der Waals surface area contributed by atoms with Crippen molar-refractivity contribution in [1.82, 2.24) is 14.5 Å². The molecule has 1 aromatic carbocycles. The van der Waals surface area contributed by atoms with E-state index in [9.17, 15) is 9.90 Å². The lowest BCUT2D eigenvalue weighted by Crippen LogP contribution is -2.39. The van der Waals surface area contributed by atoms with Crippen molar-refractivity contribution >= 4 is 40.0 Å². The molecule has 2 atom stereocenters. The predicted molar refractivity (Wildman–Crippen MR) is 116 cm³/mol. The fourth-order valence-electron chi connectivity index (χ4n) is 4.10. The highest BCUT2D eigenvalue weighted by molar-refractivity contribution is 6.32. The van der Waals surface area contributed by atoms with Gasteiger partial charge in [-0.1, -0.05) is 25.4 Å². The van der Waals surface area contributed by atoms with Crippen LogP contribution in [0.1, 0.15) is 20.3 Å². The molecule has 7 nitrogen and oxygen atoms in total. The first kappa shape index (κ1) is 19.5. The van der Waals surface area contributed by atoms with Crippen LogP contribution < -0.4 is 15.8 Å². The molecule has 0 spiro atoms. The molecule has 29 heavy (non-hydrogen) atoms. The molecule has 1 aliphatic heterocycles. The van der Waals surface area contributed by atoms with Gasteiger partial charge in [-0.25, -0.2) is 4.98 Å². The quantitative estimate of drug-likeness (QED) is 0.677. The summed E-state index contributed by atoms with van der Waals surface area (Å²) < 4.78 is 1.42. The average molecular weight is 414 g/mol. The molecule has 2 aromatic heterocycles. The molecule has 1 aliphatic rings. The van der Waals surface area contributed by atoms with Gasteiger partial charge < -0.3 is 19.9 Å². The van der Waals surface area contributed by atoms with E-state index in [1.54, 1.807) is 13.2 Å². The van der Waals surface area contributed by atoms with Crippen molar-refractivity contribution in [3.8, 4) is 5.75 Å². The second-order valence-electron chi connectivity index (χ2n) is 8.01. The number of benzene rings is 1. The molecular formula is C21H24ClN5O2. The van der Waals surface area contributed by atoms with Gasteiger partial charge in [0.1, 0.15) is 5.02 Å². The van der Waals surface area contributed by atoms with Gasteiger partial charge in [-0.05, 0) is 42.5 Å². The number of aromatic hydroxyl groups is 1. The number of nitrogens with zero attached hydrogens (tertiary/aromatic N) is 4. The number of fused-ring (bicyclic) bond motifs is 1. The summed E-state index contributed by atoms with van der Waals surface area (Å²) in [5.41, 5.74) is 1.05. The Kier molecular flexibility index (Phi) is 5.08. The third-order valence-corrected chi connectivity index (χ3v) is 5.63.